The predicted molar refractivity (Wildman–Crippen MR) is 113 cm³/mol. The highest BCUT2D eigenvalue weighted by Gasteiger charge is 2.30. The van der Waals surface area contributed by atoms with E-state index in [1.54, 1.807) is 0 Å². The lowest BCUT2D eigenvalue weighted by atomic mass is 9.79. The molecule has 1 N–H and O–H groups in total. The number of nitrogens with zero attached hydrogens (tertiary/aromatic N) is 3. The van der Waals surface area contributed by atoms with Gasteiger partial charge in [0, 0.05) is 12.5 Å². The number of hydrogen-bond acceptors (Lipinski definition) is 5. The summed E-state index contributed by atoms with van der Waals surface area (Å²) in [5, 5.41) is 18.3. The molecular weight excluding hydrogens is 366 g/mol. The molecule has 2 aromatic carbocycles. The molecule has 6 heteroatoms. The van der Waals surface area contributed by atoms with Crippen molar-refractivity contribution in [3.63, 3.8) is 0 Å². The van der Waals surface area contributed by atoms with Crippen LogP contribution >= 0.6 is 0 Å². The van der Waals surface area contributed by atoms with Gasteiger partial charge in [-0.1, -0.05) is 36.4 Å². The number of carbonyl (C=O) groups is 1. The zero-order valence-corrected chi connectivity index (χ0v) is 17.8. The molecule has 2 unspecified atom stereocenters. The second-order valence-electron chi connectivity index (χ2n) is 7.42. The smallest absolute Gasteiger partial charge is 0.309 e. The lowest BCUT2D eigenvalue weighted by Crippen LogP contribution is -2.24. The van der Waals surface area contributed by atoms with Crippen LogP contribution in [0.1, 0.15) is 54.5 Å². The molecule has 154 valence electrons. The van der Waals surface area contributed by atoms with Crippen LogP contribution in [-0.4, -0.2) is 32.7 Å². The Morgan fingerprint density at radius 2 is 1.97 bits per heavy atom. The van der Waals surface area contributed by atoms with E-state index >= 15 is 0 Å². The van der Waals surface area contributed by atoms with Gasteiger partial charge in [-0.15, -0.1) is 5.10 Å². The second-order valence-corrected chi connectivity index (χ2v) is 7.42. The van der Waals surface area contributed by atoms with Crippen molar-refractivity contribution in [2.75, 3.05) is 6.61 Å². The molecule has 3 rings (SSSR count). The molecule has 1 heterocycles. The molecule has 6 nitrogen and oxygen atoms in total. The maximum absolute atomic E-state index is 12.7. The van der Waals surface area contributed by atoms with Gasteiger partial charge in [-0.3, -0.25) is 4.79 Å². The molecule has 0 saturated heterocycles. The van der Waals surface area contributed by atoms with Crippen LogP contribution in [0.15, 0.2) is 30.3 Å². The number of esters is 1. The Labute approximate surface area is 171 Å². The fourth-order valence-electron chi connectivity index (χ4n) is 3.96. The molecule has 0 amide bonds. The van der Waals surface area contributed by atoms with Gasteiger partial charge in [0.15, 0.2) is 0 Å². The summed E-state index contributed by atoms with van der Waals surface area (Å²) in [5.41, 5.74) is 6.72. The summed E-state index contributed by atoms with van der Waals surface area (Å²) in [6.07, 6.45) is 0. The molecular formula is C23H29N3O3. The first-order valence-corrected chi connectivity index (χ1v) is 10.1. The van der Waals surface area contributed by atoms with Gasteiger partial charge in [-0.2, -0.15) is 0 Å². The van der Waals surface area contributed by atoms with Crippen molar-refractivity contribution in [1.29, 1.82) is 0 Å². The maximum atomic E-state index is 12.7. The van der Waals surface area contributed by atoms with Crippen LogP contribution in [0, 0.1) is 19.8 Å². The predicted octanol–water partition coefficient (Wildman–Crippen LogP) is 3.89. The van der Waals surface area contributed by atoms with E-state index in [2.05, 4.69) is 16.4 Å². The van der Waals surface area contributed by atoms with E-state index in [4.69, 9.17) is 4.74 Å². The Hall–Kier alpha value is -2.73. The zero-order chi connectivity index (χ0) is 21.1. The second kappa shape index (κ2) is 8.74. The SMILES string of the molecule is CCOC(=O)C(C)C(c1ccc(C)c(CO)c1)c1ccc2c(nnn2CC)c1C. The fourth-order valence-corrected chi connectivity index (χ4v) is 3.96. The number of aromatic nitrogens is 3. The first-order chi connectivity index (χ1) is 13.9. The summed E-state index contributed by atoms with van der Waals surface area (Å²) in [6, 6.07) is 10.1. The normalized spacial score (nSPS) is 13.4. The van der Waals surface area contributed by atoms with E-state index in [9.17, 15) is 9.90 Å². The largest absolute Gasteiger partial charge is 0.466 e. The minimum Gasteiger partial charge on any atom is -0.466 e. The number of rotatable bonds is 7. The summed E-state index contributed by atoms with van der Waals surface area (Å²) in [7, 11) is 0. The van der Waals surface area contributed by atoms with Crippen molar-refractivity contribution in [3.05, 3.63) is 58.1 Å². The Balaban J connectivity index is 2.19. The van der Waals surface area contributed by atoms with E-state index in [0.717, 1.165) is 45.4 Å². The van der Waals surface area contributed by atoms with Gasteiger partial charge in [0.25, 0.3) is 0 Å². The van der Waals surface area contributed by atoms with Gasteiger partial charge in [0.05, 0.1) is 24.6 Å². The average Bonchev–Trinajstić information content (AvgIpc) is 3.15. The first kappa shape index (κ1) is 21.0. The van der Waals surface area contributed by atoms with Gasteiger partial charge in [-0.05, 0) is 61.6 Å². The van der Waals surface area contributed by atoms with Crippen molar-refractivity contribution >= 4 is 17.0 Å². The van der Waals surface area contributed by atoms with E-state index < -0.39 is 0 Å². The van der Waals surface area contributed by atoms with Gasteiger partial charge >= 0.3 is 5.97 Å². The van der Waals surface area contributed by atoms with Crippen molar-refractivity contribution in [3.8, 4) is 0 Å². The van der Waals surface area contributed by atoms with Gasteiger partial charge in [-0.25, -0.2) is 4.68 Å². The standard InChI is InChI=1S/C23H29N3O3/c1-6-26-20-11-10-19(15(4)22(20)24-25-26)21(16(5)23(28)29-7-2)17-9-8-14(3)18(12-17)13-27/h8-12,16,21,27H,6-7,13H2,1-5H3. The van der Waals surface area contributed by atoms with Crippen LogP contribution in [0.4, 0.5) is 0 Å². The number of hydrogen-bond donors (Lipinski definition) is 1. The van der Waals surface area contributed by atoms with Crippen LogP contribution in [0.2, 0.25) is 0 Å². The monoisotopic (exact) mass is 395 g/mol. The third-order valence-corrected chi connectivity index (χ3v) is 5.68. The molecule has 2 atom stereocenters. The lowest BCUT2D eigenvalue weighted by Gasteiger charge is -2.26. The highest BCUT2D eigenvalue weighted by molar-refractivity contribution is 5.81. The van der Waals surface area contributed by atoms with Crippen molar-refractivity contribution in [2.45, 2.75) is 53.7 Å². The molecule has 0 aliphatic carbocycles. The molecule has 0 saturated carbocycles. The molecule has 0 spiro atoms. The number of aliphatic hydroxyl groups is 1. The van der Waals surface area contributed by atoms with E-state index in [1.807, 2.05) is 63.6 Å². The third-order valence-electron chi connectivity index (χ3n) is 5.68. The number of aryl methyl sites for hydroxylation is 3. The molecule has 0 bridgehead atoms. The van der Waals surface area contributed by atoms with Gasteiger partial charge < -0.3 is 9.84 Å². The van der Waals surface area contributed by atoms with E-state index in [-0.39, 0.29) is 24.4 Å². The molecule has 0 aliphatic heterocycles. The minimum atomic E-state index is -0.387. The van der Waals surface area contributed by atoms with Crippen LogP contribution in [0.25, 0.3) is 11.0 Å². The highest BCUT2D eigenvalue weighted by Crippen LogP contribution is 2.37. The summed E-state index contributed by atoms with van der Waals surface area (Å²) in [6.45, 7) is 10.8. The Morgan fingerprint density at radius 1 is 1.21 bits per heavy atom. The van der Waals surface area contributed by atoms with Crippen molar-refractivity contribution in [1.82, 2.24) is 15.0 Å². The summed E-state index contributed by atoms with van der Waals surface area (Å²) in [5.74, 6) is -0.835. The van der Waals surface area contributed by atoms with Crippen LogP contribution in [-0.2, 0) is 22.7 Å². The highest BCUT2D eigenvalue weighted by atomic mass is 16.5. The van der Waals surface area contributed by atoms with Crippen LogP contribution < -0.4 is 0 Å². The average molecular weight is 396 g/mol. The van der Waals surface area contributed by atoms with E-state index in [0.29, 0.717) is 6.61 Å². The maximum Gasteiger partial charge on any atom is 0.309 e. The number of benzene rings is 2. The Kier molecular flexibility index (Phi) is 6.33. The topological polar surface area (TPSA) is 77.2 Å². The van der Waals surface area contributed by atoms with Crippen LogP contribution in [0.5, 0.6) is 0 Å². The summed E-state index contributed by atoms with van der Waals surface area (Å²) in [4.78, 5) is 12.7. The molecule has 0 radical (unpaired) electrons. The van der Waals surface area contributed by atoms with Crippen molar-refractivity contribution in [2.24, 2.45) is 5.92 Å². The molecule has 0 aliphatic rings. The Morgan fingerprint density at radius 3 is 2.62 bits per heavy atom. The zero-order valence-electron chi connectivity index (χ0n) is 17.8. The number of carbonyl (C=O) groups excluding carboxylic acids is 1. The molecule has 29 heavy (non-hydrogen) atoms. The van der Waals surface area contributed by atoms with Gasteiger partial charge in [0.1, 0.15) is 5.52 Å². The summed E-state index contributed by atoms with van der Waals surface area (Å²) < 4.78 is 7.20. The Bertz CT molecular complexity index is 1030. The number of fused-ring (bicyclic) bond motifs is 1. The number of aliphatic hydroxyl groups excluding tert-OH is 1. The molecule has 3 aromatic rings. The minimum absolute atomic E-state index is 0.0387. The van der Waals surface area contributed by atoms with E-state index in [1.165, 1.54) is 0 Å². The lowest BCUT2D eigenvalue weighted by molar-refractivity contribution is -0.147. The summed E-state index contributed by atoms with van der Waals surface area (Å²) >= 11 is 0. The third kappa shape index (κ3) is 3.90. The number of ether oxygens (including phenoxy) is 1. The van der Waals surface area contributed by atoms with Crippen molar-refractivity contribution < 1.29 is 14.6 Å². The first-order valence-electron chi connectivity index (χ1n) is 10.1. The van der Waals surface area contributed by atoms with Crippen LogP contribution in [0.3, 0.4) is 0 Å². The molecule has 0 fully saturated rings. The van der Waals surface area contributed by atoms with Gasteiger partial charge in [0.2, 0.25) is 0 Å². The fraction of sp³-hybridized carbons (Fsp3) is 0.435. The quantitative estimate of drug-likeness (QED) is 0.614. The molecule has 1 aromatic heterocycles.